The van der Waals surface area contributed by atoms with Gasteiger partial charge in [0, 0.05) is 52.2 Å². The van der Waals surface area contributed by atoms with E-state index in [1.807, 2.05) is 12.1 Å². The predicted octanol–water partition coefficient (Wildman–Crippen LogP) is -0.102. The van der Waals surface area contributed by atoms with E-state index in [1.54, 1.807) is 11.1 Å². The molecule has 0 saturated carbocycles. The van der Waals surface area contributed by atoms with Gasteiger partial charge in [-0.2, -0.15) is 17.0 Å². The number of hydrogen-bond acceptors (Lipinski definition) is 3. The number of amides is 1. The first-order valence-electron chi connectivity index (χ1n) is 6.99. The number of rotatable bonds is 4. The Morgan fingerprint density at radius 2 is 2.05 bits per heavy atom. The van der Waals surface area contributed by atoms with E-state index < -0.39 is 10.2 Å². The van der Waals surface area contributed by atoms with E-state index in [1.165, 1.54) is 22.7 Å². The SMILES string of the molecule is CN(C)S(=O)(=O)N1CCCN(C(=O)Cc2ccc[nH]2)CC1. The Morgan fingerprint density at radius 3 is 2.67 bits per heavy atom. The molecule has 7 nitrogen and oxygen atoms in total. The van der Waals surface area contributed by atoms with Gasteiger partial charge in [-0.05, 0) is 18.6 Å². The molecule has 0 aliphatic carbocycles. The van der Waals surface area contributed by atoms with Crippen LogP contribution in [0.4, 0.5) is 0 Å². The minimum absolute atomic E-state index is 0.0292. The largest absolute Gasteiger partial charge is 0.365 e. The fraction of sp³-hybridized carbons (Fsp3) is 0.615. The molecule has 1 fully saturated rings. The van der Waals surface area contributed by atoms with Crippen LogP contribution >= 0.6 is 0 Å². The zero-order valence-electron chi connectivity index (χ0n) is 12.4. The molecule has 0 spiro atoms. The molecule has 1 N–H and O–H groups in total. The second-order valence-electron chi connectivity index (χ2n) is 5.30. The first-order chi connectivity index (χ1) is 9.91. The van der Waals surface area contributed by atoms with Gasteiger partial charge in [0.2, 0.25) is 5.91 Å². The fourth-order valence-corrected chi connectivity index (χ4v) is 3.49. The van der Waals surface area contributed by atoms with Gasteiger partial charge in [0.1, 0.15) is 0 Å². The summed E-state index contributed by atoms with van der Waals surface area (Å²) in [4.78, 5) is 17.0. The van der Waals surface area contributed by atoms with Crippen LogP contribution in [0.5, 0.6) is 0 Å². The summed E-state index contributed by atoms with van der Waals surface area (Å²) >= 11 is 0. The van der Waals surface area contributed by atoms with Crippen molar-refractivity contribution in [2.45, 2.75) is 12.8 Å². The third kappa shape index (κ3) is 3.84. The van der Waals surface area contributed by atoms with Crippen molar-refractivity contribution >= 4 is 16.1 Å². The van der Waals surface area contributed by atoms with Crippen molar-refractivity contribution in [2.75, 3.05) is 40.3 Å². The molecule has 1 amide bonds. The van der Waals surface area contributed by atoms with Crippen LogP contribution in [0.3, 0.4) is 0 Å². The summed E-state index contributed by atoms with van der Waals surface area (Å²) in [5, 5.41) is 0. The lowest BCUT2D eigenvalue weighted by Crippen LogP contribution is -2.42. The number of carbonyl (C=O) groups excluding carboxylic acids is 1. The highest BCUT2D eigenvalue weighted by Gasteiger charge is 2.28. The van der Waals surface area contributed by atoms with E-state index in [-0.39, 0.29) is 5.91 Å². The fourth-order valence-electron chi connectivity index (χ4n) is 2.36. The number of nitrogens with zero attached hydrogens (tertiary/aromatic N) is 3. The van der Waals surface area contributed by atoms with Gasteiger partial charge in [0.05, 0.1) is 6.42 Å². The van der Waals surface area contributed by atoms with Crippen LogP contribution in [-0.2, 0) is 21.4 Å². The van der Waals surface area contributed by atoms with Crippen LogP contribution in [-0.4, -0.2) is 73.1 Å². The molecule has 1 aliphatic heterocycles. The molecule has 0 atom stereocenters. The van der Waals surface area contributed by atoms with E-state index in [9.17, 15) is 13.2 Å². The highest BCUT2D eigenvalue weighted by atomic mass is 32.2. The smallest absolute Gasteiger partial charge is 0.281 e. The highest BCUT2D eigenvalue weighted by molar-refractivity contribution is 7.86. The minimum Gasteiger partial charge on any atom is -0.365 e. The molecule has 1 aromatic heterocycles. The van der Waals surface area contributed by atoms with Crippen molar-refractivity contribution in [2.24, 2.45) is 0 Å². The van der Waals surface area contributed by atoms with Gasteiger partial charge in [-0.3, -0.25) is 4.79 Å². The molecule has 1 aliphatic rings. The topological polar surface area (TPSA) is 76.7 Å². The molecular formula is C13H22N4O3S. The molecule has 0 aromatic carbocycles. The monoisotopic (exact) mass is 314 g/mol. The highest BCUT2D eigenvalue weighted by Crippen LogP contribution is 2.11. The third-order valence-electron chi connectivity index (χ3n) is 3.60. The van der Waals surface area contributed by atoms with E-state index >= 15 is 0 Å². The number of carbonyl (C=O) groups is 1. The summed E-state index contributed by atoms with van der Waals surface area (Å²) in [6.07, 6.45) is 2.77. The zero-order chi connectivity index (χ0) is 15.5. The standard InChI is InChI=1S/C13H22N4O3S/c1-15(2)21(19,20)17-8-4-7-16(9-10-17)13(18)11-12-5-3-6-14-12/h3,5-6,14H,4,7-11H2,1-2H3. The molecule has 118 valence electrons. The second-order valence-corrected chi connectivity index (χ2v) is 7.44. The lowest BCUT2D eigenvalue weighted by Gasteiger charge is -2.24. The average molecular weight is 314 g/mol. The number of nitrogens with one attached hydrogen (secondary N) is 1. The minimum atomic E-state index is -3.40. The van der Waals surface area contributed by atoms with E-state index in [4.69, 9.17) is 0 Å². The normalized spacial score (nSPS) is 18.0. The number of hydrogen-bond donors (Lipinski definition) is 1. The molecule has 0 bridgehead atoms. The predicted molar refractivity (Wildman–Crippen MR) is 79.9 cm³/mol. The van der Waals surface area contributed by atoms with Gasteiger partial charge in [0.15, 0.2) is 0 Å². The van der Waals surface area contributed by atoms with Crippen LogP contribution in [0.15, 0.2) is 18.3 Å². The second kappa shape index (κ2) is 6.59. The molecule has 1 saturated heterocycles. The van der Waals surface area contributed by atoms with Crippen molar-refractivity contribution in [1.29, 1.82) is 0 Å². The molecule has 2 rings (SSSR count). The molecule has 21 heavy (non-hydrogen) atoms. The average Bonchev–Trinajstić information content (AvgIpc) is 2.79. The summed E-state index contributed by atoms with van der Waals surface area (Å²) in [5.74, 6) is 0.0292. The van der Waals surface area contributed by atoms with Crippen molar-refractivity contribution in [3.05, 3.63) is 24.0 Å². The maximum Gasteiger partial charge on any atom is 0.281 e. The van der Waals surface area contributed by atoms with Gasteiger partial charge in [-0.1, -0.05) is 0 Å². The van der Waals surface area contributed by atoms with Crippen LogP contribution in [0, 0.1) is 0 Å². The van der Waals surface area contributed by atoms with Gasteiger partial charge in [0.25, 0.3) is 10.2 Å². The molecule has 1 aromatic rings. The number of H-pyrrole nitrogens is 1. The van der Waals surface area contributed by atoms with E-state index in [0.717, 1.165) is 5.69 Å². The summed E-state index contributed by atoms with van der Waals surface area (Å²) in [5.41, 5.74) is 0.877. The van der Waals surface area contributed by atoms with Crippen molar-refractivity contribution < 1.29 is 13.2 Å². The van der Waals surface area contributed by atoms with E-state index in [2.05, 4.69) is 4.98 Å². The molecule has 0 unspecified atom stereocenters. The Balaban J connectivity index is 1.96. The van der Waals surface area contributed by atoms with Crippen LogP contribution in [0.1, 0.15) is 12.1 Å². The molecular weight excluding hydrogens is 292 g/mol. The van der Waals surface area contributed by atoms with Crippen LogP contribution < -0.4 is 0 Å². The Morgan fingerprint density at radius 1 is 1.29 bits per heavy atom. The third-order valence-corrected chi connectivity index (χ3v) is 5.54. The Hall–Kier alpha value is -1.38. The maximum absolute atomic E-state index is 12.2. The molecule has 0 radical (unpaired) electrons. The summed E-state index contributed by atoms with van der Waals surface area (Å²) in [7, 11) is -0.355. The van der Waals surface area contributed by atoms with Gasteiger partial charge in [-0.15, -0.1) is 0 Å². The molecule has 2 heterocycles. The van der Waals surface area contributed by atoms with Crippen molar-refractivity contribution in [1.82, 2.24) is 18.5 Å². The number of aromatic amines is 1. The first-order valence-corrected chi connectivity index (χ1v) is 8.38. The Bertz CT molecular complexity index is 568. The summed E-state index contributed by atoms with van der Waals surface area (Å²) in [6.45, 7) is 1.83. The zero-order valence-corrected chi connectivity index (χ0v) is 13.3. The van der Waals surface area contributed by atoms with Gasteiger partial charge in [-0.25, -0.2) is 0 Å². The Kier molecular flexibility index (Phi) is 5.02. The summed E-state index contributed by atoms with van der Waals surface area (Å²) in [6, 6.07) is 3.73. The lowest BCUT2D eigenvalue weighted by molar-refractivity contribution is -0.130. The molecule has 8 heteroatoms. The van der Waals surface area contributed by atoms with Gasteiger partial charge >= 0.3 is 0 Å². The number of aromatic nitrogens is 1. The van der Waals surface area contributed by atoms with Crippen molar-refractivity contribution in [3.8, 4) is 0 Å². The van der Waals surface area contributed by atoms with Crippen molar-refractivity contribution in [3.63, 3.8) is 0 Å². The lowest BCUT2D eigenvalue weighted by atomic mass is 10.2. The van der Waals surface area contributed by atoms with Crippen LogP contribution in [0.25, 0.3) is 0 Å². The van der Waals surface area contributed by atoms with Gasteiger partial charge < -0.3 is 9.88 Å². The first kappa shape index (κ1) is 16.0. The van der Waals surface area contributed by atoms with Crippen LogP contribution in [0.2, 0.25) is 0 Å². The quantitative estimate of drug-likeness (QED) is 0.843. The summed E-state index contributed by atoms with van der Waals surface area (Å²) < 4.78 is 26.9. The Labute approximate surface area is 125 Å². The van der Waals surface area contributed by atoms with E-state index in [0.29, 0.717) is 39.0 Å². The maximum atomic E-state index is 12.2.